The normalized spacial score (nSPS) is 13.7. The maximum atomic E-state index is 12.5. The number of nitrogens with zero attached hydrogens (tertiary/aromatic N) is 5. The number of nitrogen functional groups attached to an aromatic ring is 1. The number of thioether (sulfide) groups is 1. The van der Waals surface area contributed by atoms with E-state index in [1.807, 2.05) is 6.92 Å². The van der Waals surface area contributed by atoms with Crippen molar-refractivity contribution in [2.75, 3.05) is 5.73 Å². The number of aromatic amines is 1. The molecule has 2 aromatic heterocycles. The first-order valence-electron chi connectivity index (χ1n) is 7.35. The number of fused-ring (bicyclic) bond motifs is 1. The Balaban J connectivity index is 2.19. The van der Waals surface area contributed by atoms with Gasteiger partial charge in [0.1, 0.15) is 10.5 Å². The Morgan fingerprint density at radius 2 is 2.32 bits per heavy atom. The van der Waals surface area contributed by atoms with E-state index in [0.717, 1.165) is 0 Å². The number of rotatable bonds is 5. The van der Waals surface area contributed by atoms with Crippen LogP contribution in [-0.4, -0.2) is 43.8 Å². The number of carbonyl (C=O) groups is 1. The molecule has 0 saturated carbocycles. The Labute approximate surface area is 148 Å². The van der Waals surface area contributed by atoms with E-state index in [2.05, 4.69) is 42.0 Å². The van der Waals surface area contributed by atoms with E-state index in [1.54, 1.807) is 6.92 Å². The second-order valence-electron chi connectivity index (χ2n) is 4.98. The van der Waals surface area contributed by atoms with E-state index in [1.165, 1.54) is 24.3 Å². The van der Waals surface area contributed by atoms with Crippen LogP contribution in [0.15, 0.2) is 33.2 Å². The number of allylic oxidation sites excluding steroid dienone is 1. The highest BCUT2D eigenvalue weighted by Gasteiger charge is 2.22. The molecular formula is C14H19N9OS. The predicted molar refractivity (Wildman–Crippen MR) is 99.1 cm³/mol. The molecule has 0 bridgehead atoms. The maximum Gasteiger partial charge on any atom is 0.240 e. The number of guanidine groups is 1. The highest BCUT2D eigenvalue weighted by atomic mass is 32.2. The van der Waals surface area contributed by atoms with E-state index >= 15 is 0 Å². The van der Waals surface area contributed by atoms with Crippen molar-refractivity contribution in [1.82, 2.24) is 25.3 Å². The number of imidazole rings is 1. The van der Waals surface area contributed by atoms with Gasteiger partial charge in [-0.3, -0.25) is 10.1 Å². The summed E-state index contributed by atoms with van der Waals surface area (Å²) in [6, 6.07) is 0. The van der Waals surface area contributed by atoms with Gasteiger partial charge in [0.05, 0.1) is 11.6 Å². The lowest BCUT2D eigenvalue weighted by atomic mass is 10.3. The lowest BCUT2D eigenvalue weighted by Gasteiger charge is -2.14. The zero-order valence-corrected chi connectivity index (χ0v) is 14.7. The molecule has 1 amide bonds. The summed E-state index contributed by atoms with van der Waals surface area (Å²) in [5, 5.41) is 2.71. The molecule has 0 spiro atoms. The third kappa shape index (κ3) is 4.76. The van der Waals surface area contributed by atoms with Crippen LogP contribution in [0.2, 0.25) is 0 Å². The number of hydrogen-bond acceptors (Lipinski definition) is 8. The topological polar surface area (TPSA) is 160 Å². The summed E-state index contributed by atoms with van der Waals surface area (Å²) in [5.41, 5.74) is 12.8. The van der Waals surface area contributed by atoms with Crippen molar-refractivity contribution in [3.05, 3.63) is 18.2 Å². The smallest absolute Gasteiger partial charge is 0.240 e. The van der Waals surface area contributed by atoms with Crippen molar-refractivity contribution in [2.24, 2.45) is 15.7 Å². The monoisotopic (exact) mass is 361 g/mol. The van der Waals surface area contributed by atoms with Gasteiger partial charge in [-0.1, -0.05) is 18.7 Å². The molecule has 0 unspecified atom stereocenters. The Kier molecular flexibility index (Phi) is 6.06. The molecule has 6 N–H and O–H groups in total. The molecule has 0 fully saturated rings. The first kappa shape index (κ1) is 18.4. The Morgan fingerprint density at radius 1 is 1.56 bits per heavy atom. The number of anilines is 1. The molecule has 25 heavy (non-hydrogen) atoms. The van der Waals surface area contributed by atoms with Crippen molar-refractivity contribution in [3.8, 4) is 0 Å². The molecule has 2 aromatic rings. The van der Waals surface area contributed by atoms with Crippen LogP contribution in [0.25, 0.3) is 11.2 Å². The summed E-state index contributed by atoms with van der Waals surface area (Å²) >= 11 is 1.25. The predicted octanol–water partition coefficient (Wildman–Crippen LogP) is 0.799. The standard InChI is InChI=1S/C14H19N9OS/c1-4-8(11(24)22-14(17-3)18-5-7(2)15)25-12-9-10(20-6-19-9)21-13(16)23-12/h5-6,8H,3-4,15H2,1-2H3,(H,18,22,24)(H3,16,19,20,21,23)/b7-5+/t8-/m0/s1. The van der Waals surface area contributed by atoms with Crippen molar-refractivity contribution in [2.45, 2.75) is 30.5 Å². The third-order valence-corrected chi connectivity index (χ3v) is 4.31. The van der Waals surface area contributed by atoms with Crippen LogP contribution in [0, 0.1) is 0 Å². The summed E-state index contributed by atoms with van der Waals surface area (Å²) in [6.45, 7) is 6.94. The van der Waals surface area contributed by atoms with Gasteiger partial charge in [-0.15, -0.1) is 0 Å². The van der Waals surface area contributed by atoms with Gasteiger partial charge < -0.3 is 16.5 Å². The SMILES string of the molecule is C=N/C(=N\C=C(/C)N)NC(=O)[C@H](CC)Sc1nc(N)nc2nc[nH]c12. The Bertz CT molecular complexity index is 838. The summed E-state index contributed by atoms with van der Waals surface area (Å²) in [6.07, 6.45) is 3.43. The van der Waals surface area contributed by atoms with Crippen molar-refractivity contribution in [1.29, 1.82) is 0 Å². The molecule has 11 heteroatoms. The van der Waals surface area contributed by atoms with Crippen LogP contribution in [0.1, 0.15) is 20.3 Å². The fourth-order valence-electron chi connectivity index (χ4n) is 1.83. The minimum atomic E-state index is -0.448. The van der Waals surface area contributed by atoms with E-state index in [9.17, 15) is 4.79 Å². The molecule has 0 aliphatic carbocycles. The summed E-state index contributed by atoms with van der Waals surface area (Å²) in [4.78, 5) is 35.4. The second kappa shape index (κ2) is 8.24. The second-order valence-corrected chi connectivity index (χ2v) is 6.17. The maximum absolute atomic E-state index is 12.5. The van der Waals surface area contributed by atoms with Crippen molar-refractivity contribution < 1.29 is 4.79 Å². The number of aromatic nitrogens is 4. The number of amides is 1. The highest BCUT2D eigenvalue weighted by Crippen LogP contribution is 2.29. The van der Waals surface area contributed by atoms with Crippen LogP contribution in [0.4, 0.5) is 5.95 Å². The molecule has 0 radical (unpaired) electrons. The zero-order valence-electron chi connectivity index (χ0n) is 13.9. The lowest BCUT2D eigenvalue weighted by molar-refractivity contribution is -0.119. The van der Waals surface area contributed by atoms with Gasteiger partial charge in [0.15, 0.2) is 5.65 Å². The van der Waals surface area contributed by atoms with Gasteiger partial charge in [-0.2, -0.15) is 4.98 Å². The first-order valence-corrected chi connectivity index (χ1v) is 8.23. The van der Waals surface area contributed by atoms with Crippen LogP contribution < -0.4 is 16.8 Å². The van der Waals surface area contributed by atoms with E-state index in [4.69, 9.17) is 11.5 Å². The van der Waals surface area contributed by atoms with Gasteiger partial charge in [-0.05, 0) is 20.1 Å². The van der Waals surface area contributed by atoms with E-state index < -0.39 is 5.25 Å². The fourth-order valence-corrected chi connectivity index (χ4v) is 2.85. The molecule has 2 heterocycles. The highest BCUT2D eigenvalue weighted by molar-refractivity contribution is 8.00. The van der Waals surface area contributed by atoms with Gasteiger partial charge in [0, 0.05) is 11.9 Å². The van der Waals surface area contributed by atoms with Crippen LogP contribution >= 0.6 is 11.8 Å². The van der Waals surface area contributed by atoms with Crippen LogP contribution in [-0.2, 0) is 4.79 Å². The molecule has 0 saturated heterocycles. The van der Waals surface area contributed by atoms with Gasteiger partial charge in [-0.25, -0.2) is 20.0 Å². The summed E-state index contributed by atoms with van der Waals surface area (Å²) < 4.78 is 0. The minimum Gasteiger partial charge on any atom is -0.401 e. The molecule has 0 aromatic carbocycles. The van der Waals surface area contributed by atoms with Gasteiger partial charge in [0.2, 0.25) is 17.8 Å². The molecule has 2 rings (SSSR count). The first-order chi connectivity index (χ1) is 11.9. The minimum absolute atomic E-state index is 0.0720. The molecule has 1 atom stereocenters. The average molecular weight is 361 g/mol. The van der Waals surface area contributed by atoms with Gasteiger partial charge >= 0.3 is 0 Å². The summed E-state index contributed by atoms with van der Waals surface area (Å²) in [5.74, 6) is -0.120. The van der Waals surface area contributed by atoms with E-state index in [-0.39, 0.29) is 17.8 Å². The lowest BCUT2D eigenvalue weighted by Crippen LogP contribution is -2.36. The van der Waals surface area contributed by atoms with Crippen molar-refractivity contribution in [3.63, 3.8) is 0 Å². The third-order valence-electron chi connectivity index (χ3n) is 2.96. The number of nitrogens with two attached hydrogens (primary N) is 2. The summed E-state index contributed by atoms with van der Waals surface area (Å²) in [7, 11) is 0. The fraction of sp³-hybridized carbons (Fsp3) is 0.286. The van der Waals surface area contributed by atoms with Crippen molar-refractivity contribution >= 4 is 47.5 Å². The Morgan fingerprint density at radius 3 is 2.96 bits per heavy atom. The quantitative estimate of drug-likeness (QED) is 0.265. The number of hydrogen-bond donors (Lipinski definition) is 4. The zero-order chi connectivity index (χ0) is 18.4. The molecule has 0 aliphatic rings. The Hall–Kier alpha value is -2.95. The molecule has 0 aliphatic heterocycles. The molecule has 10 nitrogen and oxygen atoms in total. The number of nitrogens with one attached hydrogen (secondary N) is 2. The average Bonchev–Trinajstić information content (AvgIpc) is 3.04. The van der Waals surface area contributed by atoms with Gasteiger partial charge in [0.25, 0.3) is 0 Å². The molecular weight excluding hydrogens is 342 g/mol. The van der Waals surface area contributed by atoms with Crippen LogP contribution in [0.3, 0.4) is 0 Å². The number of carbonyl (C=O) groups excluding carboxylic acids is 1. The number of H-pyrrole nitrogens is 1. The van der Waals surface area contributed by atoms with Crippen LogP contribution in [0.5, 0.6) is 0 Å². The largest absolute Gasteiger partial charge is 0.401 e. The van der Waals surface area contributed by atoms with E-state index in [0.29, 0.717) is 28.3 Å². The molecule has 132 valence electrons. The number of aliphatic imine (C=N–C) groups is 2.